The molecular weight excluding hydrogens is 671 g/mol. The van der Waals surface area contributed by atoms with Crippen LogP contribution >= 0.6 is 7.82 Å². The Labute approximate surface area is 290 Å². The third-order valence-corrected chi connectivity index (χ3v) is 8.30. The van der Waals surface area contributed by atoms with E-state index in [0.29, 0.717) is 39.9 Å². The SMILES string of the molecule is COc1cc(/C=C\c2ccc(OC)c(O)c2OP(=O)(O)Oc2c(/C=C\c3cc(OC)c(OC)c(OC)c3)ccc(OC)c2O)cc(OC)c1C. The van der Waals surface area contributed by atoms with Crippen LogP contribution in [0.25, 0.3) is 24.3 Å². The number of phenols is 2. The Bertz CT molecular complexity index is 1900. The van der Waals surface area contributed by atoms with Gasteiger partial charge < -0.3 is 52.4 Å². The van der Waals surface area contributed by atoms with E-state index in [2.05, 4.69) is 0 Å². The Morgan fingerprint density at radius 2 is 0.860 bits per heavy atom. The summed E-state index contributed by atoms with van der Waals surface area (Å²) in [6.45, 7) is 1.85. The van der Waals surface area contributed by atoms with Crippen LogP contribution in [0.4, 0.5) is 0 Å². The van der Waals surface area contributed by atoms with Crippen molar-refractivity contribution in [1.29, 1.82) is 0 Å². The van der Waals surface area contributed by atoms with Crippen molar-refractivity contribution in [1.82, 2.24) is 0 Å². The van der Waals surface area contributed by atoms with Gasteiger partial charge in [0.1, 0.15) is 11.5 Å². The maximum absolute atomic E-state index is 13.6. The molecular formula is C36H39O13P. The highest BCUT2D eigenvalue weighted by Gasteiger charge is 2.32. The first-order chi connectivity index (χ1) is 23.9. The van der Waals surface area contributed by atoms with Gasteiger partial charge in [0.2, 0.25) is 17.2 Å². The third kappa shape index (κ3) is 8.13. The maximum Gasteiger partial charge on any atom is 0.585 e. The van der Waals surface area contributed by atoms with Crippen LogP contribution in [0.15, 0.2) is 48.5 Å². The fraction of sp³-hybridized carbons (Fsp3) is 0.222. The van der Waals surface area contributed by atoms with Crippen molar-refractivity contribution in [3.05, 3.63) is 76.3 Å². The number of phosphoric ester groups is 1. The quantitative estimate of drug-likeness (QED) is 0.0830. The number of hydrogen-bond donors (Lipinski definition) is 3. The summed E-state index contributed by atoms with van der Waals surface area (Å²) >= 11 is 0. The lowest BCUT2D eigenvalue weighted by Crippen LogP contribution is -2.03. The molecule has 0 bridgehead atoms. The molecule has 0 amide bonds. The molecule has 1 unspecified atom stereocenters. The van der Waals surface area contributed by atoms with Crippen molar-refractivity contribution < 1.29 is 61.9 Å². The van der Waals surface area contributed by atoms with Gasteiger partial charge in [0, 0.05) is 16.7 Å². The number of rotatable bonds is 15. The zero-order chi connectivity index (χ0) is 36.6. The molecule has 4 aromatic carbocycles. The molecule has 0 saturated heterocycles. The Balaban J connectivity index is 1.74. The number of ether oxygens (including phenoxy) is 7. The van der Waals surface area contributed by atoms with E-state index < -0.39 is 30.8 Å². The van der Waals surface area contributed by atoms with Gasteiger partial charge in [-0.15, -0.1) is 0 Å². The average Bonchev–Trinajstić information content (AvgIpc) is 3.11. The van der Waals surface area contributed by atoms with Crippen LogP contribution in [-0.2, 0) is 4.57 Å². The van der Waals surface area contributed by atoms with E-state index in [1.165, 1.54) is 80.1 Å². The summed E-state index contributed by atoms with van der Waals surface area (Å²) in [5, 5.41) is 22.0. The second kappa shape index (κ2) is 16.2. The van der Waals surface area contributed by atoms with Crippen LogP contribution in [-0.4, -0.2) is 64.9 Å². The van der Waals surface area contributed by atoms with E-state index in [0.717, 1.165) is 5.56 Å². The zero-order valence-corrected chi connectivity index (χ0v) is 29.7. The molecule has 0 spiro atoms. The minimum atomic E-state index is -5.16. The van der Waals surface area contributed by atoms with Gasteiger partial charge >= 0.3 is 7.82 Å². The Morgan fingerprint density at radius 1 is 0.500 bits per heavy atom. The highest BCUT2D eigenvalue weighted by atomic mass is 31.2. The van der Waals surface area contributed by atoms with Crippen LogP contribution in [0.3, 0.4) is 0 Å². The van der Waals surface area contributed by atoms with Gasteiger partial charge in [0.25, 0.3) is 0 Å². The predicted octanol–water partition coefficient (Wildman–Crippen LogP) is 7.37. The number of hydrogen-bond acceptors (Lipinski definition) is 12. The van der Waals surface area contributed by atoms with Gasteiger partial charge in [-0.2, -0.15) is 0 Å². The second-order valence-corrected chi connectivity index (χ2v) is 11.7. The van der Waals surface area contributed by atoms with E-state index in [9.17, 15) is 19.7 Å². The molecule has 0 aliphatic carbocycles. The highest BCUT2D eigenvalue weighted by Crippen LogP contribution is 2.54. The minimum absolute atomic E-state index is 0.0333. The van der Waals surface area contributed by atoms with Gasteiger partial charge in [0.05, 0.1) is 49.8 Å². The summed E-state index contributed by atoms with van der Waals surface area (Å²) in [6, 6.07) is 12.9. The van der Waals surface area contributed by atoms with Gasteiger partial charge in [-0.1, -0.05) is 24.3 Å². The van der Waals surface area contributed by atoms with Crippen LogP contribution < -0.4 is 42.2 Å². The Morgan fingerprint density at radius 3 is 1.20 bits per heavy atom. The molecule has 0 saturated carbocycles. The topological polar surface area (TPSA) is 161 Å². The molecule has 14 heteroatoms. The minimum Gasteiger partial charge on any atom is -0.502 e. The van der Waals surface area contributed by atoms with Crippen molar-refractivity contribution in [3.8, 4) is 63.2 Å². The summed E-state index contributed by atoms with van der Waals surface area (Å²) < 4.78 is 62.1. The van der Waals surface area contributed by atoms with Gasteiger partial charge in [-0.3, -0.25) is 4.89 Å². The van der Waals surface area contributed by atoms with Crippen molar-refractivity contribution >= 4 is 32.1 Å². The lowest BCUT2D eigenvalue weighted by Gasteiger charge is -2.19. The summed E-state index contributed by atoms with van der Waals surface area (Å²) in [5.41, 5.74) is 2.43. The highest BCUT2D eigenvalue weighted by molar-refractivity contribution is 7.48. The molecule has 3 N–H and O–H groups in total. The van der Waals surface area contributed by atoms with E-state index in [-0.39, 0.29) is 22.6 Å². The molecule has 0 aromatic heterocycles. The normalized spacial score (nSPS) is 12.3. The van der Waals surface area contributed by atoms with E-state index in [4.69, 9.17) is 42.2 Å². The van der Waals surface area contributed by atoms with Crippen LogP contribution in [0.5, 0.6) is 63.2 Å². The van der Waals surface area contributed by atoms with Crippen LogP contribution in [0.2, 0.25) is 0 Å². The first kappa shape index (κ1) is 37.2. The summed E-state index contributed by atoms with van der Waals surface area (Å²) in [6.07, 6.45) is 6.37. The first-order valence-corrected chi connectivity index (χ1v) is 16.3. The fourth-order valence-electron chi connectivity index (χ4n) is 4.94. The monoisotopic (exact) mass is 710 g/mol. The van der Waals surface area contributed by atoms with Gasteiger partial charge in [-0.25, -0.2) is 4.57 Å². The van der Waals surface area contributed by atoms with E-state index in [1.54, 1.807) is 42.5 Å². The second-order valence-electron chi connectivity index (χ2n) is 10.4. The number of aromatic hydroxyl groups is 2. The number of benzene rings is 4. The molecule has 0 radical (unpaired) electrons. The number of phosphoric acid groups is 1. The lowest BCUT2D eigenvalue weighted by atomic mass is 10.1. The van der Waals surface area contributed by atoms with Gasteiger partial charge in [-0.05, 0) is 66.6 Å². The summed E-state index contributed by atoms with van der Waals surface area (Å²) in [4.78, 5) is 11.1. The molecule has 1 atom stereocenters. The standard InChI is InChI=1S/C36H39O13P/c1-21-28(43-4)17-22(18-29(21)44-5)9-11-24-13-15-26(41-2)32(37)34(24)48-50(39,40)49-35-25(14-16-27(42-3)33(35)38)12-10-23-19-30(45-6)36(47-8)31(20-23)46-7/h9-20,37-38H,1-8H3,(H,39,40)/b11-9-,12-10-. The fourth-order valence-corrected chi connectivity index (χ4v) is 5.83. The number of methoxy groups -OCH3 is 7. The molecule has 4 rings (SSSR count). The molecule has 50 heavy (non-hydrogen) atoms. The molecule has 0 aliphatic rings. The van der Waals surface area contributed by atoms with Crippen molar-refractivity contribution in [2.24, 2.45) is 0 Å². The van der Waals surface area contributed by atoms with Crippen molar-refractivity contribution in [2.75, 3.05) is 49.8 Å². The molecule has 13 nitrogen and oxygen atoms in total. The predicted molar refractivity (Wildman–Crippen MR) is 189 cm³/mol. The Kier molecular flexibility index (Phi) is 12.0. The first-order valence-electron chi connectivity index (χ1n) is 14.8. The molecule has 0 fully saturated rings. The van der Waals surface area contributed by atoms with Crippen molar-refractivity contribution in [3.63, 3.8) is 0 Å². The summed E-state index contributed by atoms with van der Waals surface area (Å²) in [7, 11) is 4.99. The number of phenolic OH excluding ortho intramolecular Hbond substituents is 2. The zero-order valence-electron chi connectivity index (χ0n) is 28.8. The van der Waals surface area contributed by atoms with E-state index >= 15 is 0 Å². The maximum atomic E-state index is 13.6. The largest absolute Gasteiger partial charge is 0.585 e. The van der Waals surface area contributed by atoms with Crippen molar-refractivity contribution in [2.45, 2.75) is 6.92 Å². The molecule has 4 aromatic rings. The van der Waals surface area contributed by atoms with Gasteiger partial charge in [0.15, 0.2) is 34.5 Å². The molecule has 0 aliphatic heterocycles. The summed E-state index contributed by atoms with van der Waals surface area (Å²) in [5.74, 6) is 0.292. The van der Waals surface area contributed by atoms with Crippen LogP contribution in [0.1, 0.15) is 27.8 Å². The molecule has 0 heterocycles. The third-order valence-electron chi connectivity index (χ3n) is 7.48. The average molecular weight is 711 g/mol. The smallest absolute Gasteiger partial charge is 0.502 e. The molecule has 266 valence electrons. The van der Waals surface area contributed by atoms with E-state index in [1.807, 2.05) is 6.92 Å². The lowest BCUT2D eigenvalue weighted by molar-refractivity contribution is 0.275. The van der Waals surface area contributed by atoms with Crippen LogP contribution in [0, 0.1) is 6.92 Å². The Hall–Kier alpha value is -5.65.